The molecule has 3 aromatic rings. The number of rotatable bonds is 7. The molecule has 4 rings (SSSR count). The van der Waals surface area contributed by atoms with Gasteiger partial charge in [-0.3, -0.25) is 19.7 Å². The summed E-state index contributed by atoms with van der Waals surface area (Å²) in [5.41, 5.74) is 5.30. The number of hydroxylamine groups is 1. The molecule has 1 aliphatic heterocycles. The number of nitrogens with one attached hydrogen (secondary N) is 2. The van der Waals surface area contributed by atoms with Crippen LogP contribution in [0.1, 0.15) is 41.5 Å². The molecule has 2 heterocycles. The van der Waals surface area contributed by atoms with E-state index in [0.717, 1.165) is 22.4 Å². The maximum atomic E-state index is 12.9. The Labute approximate surface area is 198 Å². The standard InChI is InChI=1S/C26H29N5O3/c1-4-13-30-15-20(26(33)29-34)22(16-30)28-25(32)19-11-9-18(10-12-19)14-31-23-8-6-5-7-21(23)27-24(31)17(2)3/h1,5-12,17,20,22,34H,13-16H2,2-3H3,(H,28,32)(H,29,33)/t20-,22+/m0/s1. The minimum absolute atomic E-state index is 0.272. The summed E-state index contributed by atoms with van der Waals surface area (Å²) >= 11 is 0. The molecule has 8 heteroatoms. The molecule has 2 atom stereocenters. The number of para-hydroxylation sites is 2. The highest BCUT2D eigenvalue weighted by Crippen LogP contribution is 2.23. The molecule has 176 valence electrons. The van der Waals surface area contributed by atoms with Crippen molar-refractivity contribution in [1.82, 2.24) is 25.2 Å². The van der Waals surface area contributed by atoms with Crippen molar-refractivity contribution in [3.05, 3.63) is 65.5 Å². The van der Waals surface area contributed by atoms with E-state index in [2.05, 4.69) is 35.7 Å². The van der Waals surface area contributed by atoms with Crippen molar-refractivity contribution < 1.29 is 14.8 Å². The van der Waals surface area contributed by atoms with Crippen LogP contribution in [0.4, 0.5) is 0 Å². The van der Waals surface area contributed by atoms with Crippen LogP contribution in [-0.4, -0.2) is 57.1 Å². The Balaban J connectivity index is 1.48. The van der Waals surface area contributed by atoms with Gasteiger partial charge in [-0.05, 0) is 29.8 Å². The first-order valence-electron chi connectivity index (χ1n) is 11.4. The van der Waals surface area contributed by atoms with Gasteiger partial charge in [-0.25, -0.2) is 10.5 Å². The highest BCUT2D eigenvalue weighted by Gasteiger charge is 2.38. The molecule has 0 bridgehead atoms. The van der Waals surface area contributed by atoms with Crippen molar-refractivity contribution in [1.29, 1.82) is 0 Å². The van der Waals surface area contributed by atoms with E-state index >= 15 is 0 Å². The molecule has 3 N–H and O–H groups in total. The van der Waals surface area contributed by atoms with Crippen molar-refractivity contribution in [2.45, 2.75) is 32.4 Å². The third-order valence-corrected chi connectivity index (χ3v) is 6.23. The third-order valence-electron chi connectivity index (χ3n) is 6.23. The summed E-state index contributed by atoms with van der Waals surface area (Å²) in [6.07, 6.45) is 5.38. The van der Waals surface area contributed by atoms with Crippen LogP contribution in [0.2, 0.25) is 0 Å². The molecule has 0 unspecified atom stereocenters. The first kappa shape index (κ1) is 23.5. The summed E-state index contributed by atoms with van der Waals surface area (Å²) in [6, 6.07) is 15.1. The fraction of sp³-hybridized carbons (Fsp3) is 0.346. The van der Waals surface area contributed by atoms with Gasteiger partial charge in [0.2, 0.25) is 5.91 Å². The Morgan fingerprint density at radius 3 is 2.59 bits per heavy atom. The zero-order chi connectivity index (χ0) is 24.2. The van der Waals surface area contributed by atoms with Gasteiger partial charge in [0.05, 0.1) is 29.5 Å². The van der Waals surface area contributed by atoms with Crippen LogP contribution >= 0.6 is 0 Å². The summed E-state index contributed by atoms with van der Waals surface area (Å²) in [4.78, 5) is 31.6. The van der Waals surface area contributed by atoms with Gasteiger partial charge in [0.15, 0.2) is 0 Å². The number of likely N-dealkylation sites (tertiary alicyclic amines) is 1. The number of carbonyl (C=O) groups is 2. The second-order valence-corrected chi connectivity index (χ2v) is 8.96. The summed E-state index contributed by atoms with van der Waals surface area (Å²) in [5, 5.41) is 12.0. The molecule has 0 aliphatic carbocycles. The van der Waals surface area contributed by atoms with E-state index in [4.69, 9.17) is 16.6 Å². The minimum atomic E-state index is -0.578. The van der Waals surface area contributed by atoms with Crippen LogP contribution in [0.3, 0.4) is 0 Å². The minimum Gasteiger partial charge on any atom is -0.347 e. The third kappa shape index (κ3) is 4.81. The Kier molecular flexibility index (Phi) is 6.96. The first-order chi connectivity index (χ1) is 16.4. The SMILES string of the molecule is C#CCN1C[C@H](C(=O)NO)[C@H](NC(=O)c2ccc(Cn3c(C(C)C)nc4ccccc43)cc2)C1. The molecular formula is C26H29N5O3. The fourth-order valence-corrected chi connectivity index (χ4v) is 4.54. The molecule has 1 saturated heterocycles. The van der Waals surface area contributed by atoms with E-state index in [0.29, 0.717) is 31.7 Å². The number of terminal acetylenes is 1. The average molecular weight is 460 g/mol. The van der Waals surface area contributed by atoms with E-state index in [9.17, 15) is 9.59 Å². The summed E-state index contributed by atoms with van der Waals surface area (Å²) in [5.74, 6) is 2.47. The number of amides is 2. The molecule has 0 saturated carbocycles. The van der Waals surface area contributed by atoms with E-state index in [1.807, 2.05) is 35.2 Å². The highest BCUT2D eigenvalue weighted by atomic mass is 16.5. The topological polar surface area (TPSA) is 99.5 Å². The number of imidazole rings is 1. The van der Waals surface area contributed by atoms with E-state index in [1.54, 1.807) is 17.6 Å². The molecular weight excluding hydrogens is 430 g/mol. The molecule has 0 radical (unpaired) electrons. The number of fused-ring (bicyclic) bond motifs is 1. The normalized spacial score (nSPS) is 18.2. The van der Waals surface area contributed by atoms with Crippen LogP contribution in [0.15, 0.2) is 48.5 Å². The number of nitrogens with zero attached hydrogens (tertiary/aromatic N) is 3. The summed E-state index contributed by atoms with van der Waals surface area (Å²) in [6.45, 7) is 6.09. The summed E-state index contributed by atoms with van der Waals surface area (Å²) in [7, 11) is 0. The molecule has 1 aromatic heterocycles. The average Bonchev–Trinajstić information content (AvgIpc) is 3.41. The van der Waals surface area contributed by atoms with Crippen LogP contribution in [0, 0.1) is 18.3 Å². The molecule has 8 nitrogen and oxygen atoms in total. The lowest BCUT2D eigenvalue weighted by Gasteiger charge is -2.18. The smallest absolute Gasteiger partial charge is 0.251 e. The number of hydrogen-bond donors (Lipinski definition) is 3. The van der Waals surface area contributed by atoms with Crippen LogP contribution in [0.5, 0.6) is 0 Å². The maximum absolute atomic E-state index is 12.9. The van der Waals surface area contributed by atoms with Gasteiger partial charge in [0, 0.05) is 31.1 Å². The van der Waals surface area contributed by atoms with Gasteiger partial charge in [-0.1, -0.05) is 44.0 Å². The van der Waals surface area contributed by atoms with Crippen molar-refractivity contribution >= 4 is 22.8 Å². The Morgan fingerprint density at radius 1 is 1.18 bits per heavy atom. The van der Waals surface area contributed by atoms with Gasteiger partial charge >= 0.3 is 0 Å². The second kappa shape index (κ2) is 10.1. The summed E-state index contributed by atoms with van der Waals surface area (Å²) < 4.78 is 2.21. The Hall–Kier alpha value is -3.67. The van der Waals surface area contributed by atoms with Gasteiger partial charge < -0.3 is 9.88 Å². The molecule has 2 aromatic carbocycles. The van der Waals surface area contributed by atoms with Crippen molar-refractivity contribution in [3.8, 4) is 12.3 Å². The predicted octanol–water partition coefficient (Wildman–Crippen LogP) is 2.38. The lowest BCUT2D eigenvalue weighted by molar-refractivity contribution is -0.133. The maximum Gasteiger partial charge on any atom is 0.251 e. The number of carbonyl (C=O) groups excluding carboxylic acids is 2. The van der Waals surface area contributed by atoms with Crippen molar-refractivity contribution in [2.75, 3.05) is 19.6 Å². The predicted molar refractivity (Wildman–Crippen MR) is 129 cm³/mol. The molecule has 34 heavy (non-hydrogen) atoms. The van der Waals surface area contributed by atoms with Crippen LogP contribution < -0.4 is 10.8 Å². The lowest BCUT2D eigenvalue weighted by Crippen LogP contribution is -2.45. The molecule has 2 amide bonds. The molecule has 0 spiro atoms. The van der Waals surface area contributed by atoms with Gasteiger partial charge in [0.25, 0.3) is 5.91 Å². The van der Waals surface area contributed by atoms with Crippen LogP contribution in [-0.2, 0) is 11.3 Å². The number of hydrogen-bond acceptors (Lipinski definition) is 5. The number of aromatic nitrogens is 2. The highest BCUT2D eigenvalue weighted by molar-refractivity contribution is 5.95. The van der Waals surface area contributed by atoms with E-state index in [-0.39, 0.29) is 11.8 Å². The van der Waals surface area contributed by atoms with Crippen LogP contribution in [0.25, 0.3) is 11.0 Å². The quantitative estimate of drug-likeness (QED) is 0.286. The fourth-order valence-electron chi connectivity index (χ4n) is 4.54. The van der Waals surface area contributed by atoms with Gasteiger partial charge in [-0.15, -0.1) is 6.42 Å². The van der Waals surface area contributed by atoms with Gasteiger partial charge in [0.1, 0.15) is 5.82 Å². The zero-order valence-electron chi connectivity index (χ0n) is 19.4. The van der Waals surface area contributed by atoms with E-state index in [1.165, 1.54) is 0 Å². The van der Waals surface area contributed by atoms with Crippen molar-refractivity contribution in [2.24, 2.45) is 5.92 Å². The second-order valence-electron chi connectivity index (χ2n) is 8.96. The lowest BCUT2D eigenvalue weighted by atomic mass is 10.0. The van der Waals surface area contributed by atoms with E-state index < -0.39 is 17.9 Å². The first-order valence-corrected chi connectivity index (χ1v) is 11.4. The van der Waals surface area contributed by atoms with Crippen molar-refractivity contribution in [3.63, 3.8) is 0 Å². The molecule has 1 aliphatic rings. The largest absolute Gasteiger partial charge is 0.347 e. The Morgan fingerprint density at radius 2 is 1.91 bits per heavy atom. The Bertz CT molecular complexity index is 1230. The number of benzene rings is 2. The monoisotopic (exact) mass is 459 g/mol. The van der Waals surface area contributed by atoms with Gasteiger partial charge in [-0.2, -0.15) is 0 Å². The zero-order valence-corrected chi connectivity index (χ0v) is 19.4. The molecule has 1 fully saturated rings.